The molecule has 0 spiro atoms. The maximum atomic E-state index is 4.36. The molecule has 0 aliphatic rings. The van der Waals surface area contributed by atoms with Gasteiger partial charge in [0.25, 0.3) is 0 Å². The van der Waals surface area contributed by atoms with Crippen LogP contribution in [0.25, 0.3) is 0 Å². The van der Waals surface area contributed by atoms with Crippen molar-refractivity contribution in [3.63, 3.8) is 0 Å². The number of hydrogen-bond acceptors (Lipinski definition) is 8. The molecule has 1 N–H and O–H groups in total. The van der Waals surface area contributed by atoms with E-state index in [1.54, 1.807) is 0 Å². The molecule has 0 aromatic carbocycles. The van der Waals surface area contributed by atoms with Gasteiger partial charge in [-0.25, -0.2) is 9.97 Å². The van der Waals surface area contributed by atoms with Gasteiger partial charge in [-0.05, 0) is 24.2 Å². The van der Waals surface area contributed by atoms with Crippen molar-refractivity contribution in [3.8, 4) is 0 Å². The number of anilines is 1. The topological polar surface area (TPSA) is 66.8 Å². The van der Waals surface area contributed by atoms with E-state index in [0.29, 0.717) is 11.1 Å². The molecular formula is C13H20N6S2. The molecule has 2 heterocycles. The Morgan fingerprint density at radius 3 is 2.52 bits per heavy atom. The van der Waals surface area contributed by atoms with E-state index in [1.807, 2.05) is 31.4 Å². The van der Waals surface area contributed by atoms with Crippen LogP contribution in [0.3, 0.4) is 0 Å². The monoisotopic (exact) mass is 324 g/mol. The predicted molar refractivity (Wildman–Crippen MR) is 86.9 cm³/mol. The first-order chi connectivity index (χ1) is 10.0. The van der Waals surface area contributed by atoms with Crippen molar-refractivity contribution in [1.29, 1.82) is 0 Å². The van der Waals surface area contributed by atoms with Gasteiger partial charge in [-0.3, -0.25) is 0 Å². The summed E-state index contributed by atoms with van der Waals surface area (Å²) < 4.78 is 0.851. The second kappa shape index (κ2) is 7.67. The van der Waals surface area contributed by atoms with Gasteiger partial charge in [-0.2, -0.15) is 0 Å². The maximum Gasteiger partial charge on any atom is 0.208 e. The van der Waals surface area contributed by atoms with Gasteiger partial charge in [0.1, 0.15) is 0 Å². The molecule has 0 bridgehead atoms. The third kappa shape index (κ3) is 5.22. The van der Waals surface area contributed by atoms with E-state index in [1.165, 1.54) is 23.1 Å². The molecule has 0 aliphatic heterocycles. The summed E-state index contributed by atoms with van der Waals surface area (Å²) >= 11 is 2.97. The molecule has 0 aliphatic carbocycles. The highest BCUT2D eigenvalue weighted by Gasteiger charge is 2.09. The fourth-order valence-corrected chi connectivity index (χ4v) is 3.06. The molecule has 0 saturated heterocycles. The van der Waals surface area contributed by atoms with E-state index < -0.39 is 0 Å². The normalized spacial score (nSPS) is 11.1. The van der Waals surface area contributed by atoms with Crippen molar-refractivity contribution >= 4 is 28.2 Å². The van der Waals surface area contributed by atoms with Crippen molar-refractivity contribution in [2.75, 3.05) is 25.5 Å². The van der Waals surface area contributed by atoms with E-state index in [0.717, 1.165) is 28.1 Å². The quantitative estimate of drug-likeness (QED) is 0.784. The second-order valence-electron chi connectivity index (χ2n) is 5.25. The highest BCUT2D eigenvalue weighted by Crippen LogP contribution is 2.30. The Balaban J connectivity index is 1.89. The van der Waals surface area contributed by atoms with E-state index in [2.05, 4.69) is 39.3 Å². The summed E-state index contributed by atoms with van der Waals surface area (Å²) in [6.07, 6.45) is 3.72. The third-order valence-corrected chi connectivity index (χ3v) is 4.56. The molecule has 2 rings (SSSR count). The summed E-state index contributed by atoms with van der Waals surface area (Å²) in [6, 6.07) is 0. The average Bonchev–Trinajstić information content (AvgIpc) is 2.89. The Labute approximate surface area is 133 Å². The van der Waals surface area contributed by atoms with Crippen LogP contribution in [0.5, 0.6) is 0 Å². The lowest BCUT2D eigenvalue weighted by atomic mass is 10.2. The molecule has 21 heavy (non-hydrogen) atoms. The summed E-state index contributed by atoms with van der Waals surface area (Å²) in [5.74, 6) is 0.643. The van der Waals surface area contributed by atoms with Crippen LogP contribution >= 0.6 is 23.1 Å². The number of aromatic nitrogens is 4. The summed E-state index contributed by atoms with van der Waals surface area (Å²) in [7, 11) is 3.90. The van der Waals surface area contributed by atoms with Gasteiger partial charge in [0.05, 0.1) is 0 Å². The van der Waals surface area contributed by atoms with Crippen LogP contribution in [-0.2, 0) is 6.54 Å². The zero-order chi connectivity index (χ0) is 15.2. The zero-order valence-electron chi connectivity index (χ0n) is 12.7. The summed E-state index contributed by atoms with van der Waals surface area (Å²) in [5.41, 5.74) is 1.09. The van der Waals surface area contributed by atoms with E-state index in [4.69, 9.17) is 0 Å². The largest absolute Gasteiger partial charge is 0.353 e. The first-order valence-electron chi connectivity index (χ1n) is 6.75. The summed E-state index contributed by atoms with van der Waals surface area (Å²) in [4.78, 5) is 10.7. The Morgan fingerprint density at radius 1 is 1.24 bits per heavy atom. The molecule has 2 aromatic heterocycles. The molecule has 114 valence electrons. The van der Waals surface area contributed by atoms with Gasteiger partial charge >= 0.3 is 0 Å². The molecule has 2 aromatic rings. The van der Waals surface area contributed by atoms with Crippen molar-refractivity contribution in [2.24, 2.45) is 5.92 Å². The van der Waals surface area contributed by atoms with Crippen molar-refractivity contribution in [1.82, 2.24) is 25.5 Å². The standard InChI is InChI=1S/C13H20N6S2/c1-9(2)5-14-6-10-7-15-11(16-8-10)20-13-18-17-12(21-13)19(3)4/h7-9,14H,5-6H2,1-4H3. The summed E-state index contributed by atoms with van der Waals surface area (Å²) in [6.45, 7) is 6.17. The van der Waals surface area contributed by atoms with Gasteiger partial charge in [0, 0.05) is 38.6 Å². The molecule has 0 saturated carbocycles. The van der Waals surface area contributed by atoms with Crippen molar-refractivity contribution in [2.45, 2.75) is 29.9 Å². The lowest BCUT2D eigenvalue weighted by Crippen LogP contribution is -2.19. The smallest absolute Gasteiger partial charge is 0.208 e. The molecule has 8 heteroatoms. The fraction of sp³-hybridized carbons (Fsp3) is 0.538. The van der Waals surface area contributed by atoms with Crippen LogP contribution in [0.15, 0.2) is 21.9 Å². The lowest BCUT2D eigenvalue weighted by molar-refractivity contribution is 0.550. The molecule has 0 radical (unpaired) electrons. The second-order valence-corrected chi connectivity index (χ2v) is 7.42. The Hall–Kier alpha value is -1.25. The van der Waals surface area contributed by atoms with Crippen LogP contribution in [0, 0.1) is 5.92 Å². The molecular weight excluding hydrogens is 304 g/mol. The number of nitrogens with zero attached hydrogens (tertiary/aromatic N) is 5. The van der Waals surface area contributed by atoms with E-state index in [-0.39, 0.29) is 0 Å². The van der Waals surface area contributed by atoms with Gasteiger partial charge in [-0.15, -0.1) is 10.2 Å². The number of hydrogen-bond donors (Lipinski definition) is 1. The number of rotatable bonds is 7. The van der Waals surface area contributed by atoms with Crippen molar-refractivity contribution < 1.29 is 0 Å². The fourth-order valence-electron chi connectivity index (χ4n) is 1.49. The first kappa shape index (κ1) is 16.1. The Bertz CT molecular complexity index is 552. The highest BCUT2D eigenvalue weighted by molar-refractivity contribution is 8.00. The average molecular weight is 324 g/mol. The van der Waals surface area contributed by atoms with Crippen LogP contribution in [0.1, 0.15) is 19.4 Å². The summed E-state index contributed by atoms with van der Waals surface area (Å²) in [5, 5.41) is 13.2. The maximum absolute atomic E-state index is 4.36. The highest BCUT2D eigenvalue weighted by atomic mass is 32.2. The lowest BCUT2D eigenvalue weighted by Gasteiger charge is -2.06. The van der Waals surface area contributed by atoms with Gasteiger partial charge in [0.2, 0.25) is 5.13 Å². The van der Waals surface area contributed by atoms with Gasteiger partial charge in [0.15, 0.2) is 9.50 Å². The minimum atomic E-state index is 0.643. The van der Waals surface area contributed by atoms with Crippen LogP contribution in [0.2, 0.25) is 0 Å². The minimum Gasteiger partial charge on any atom is -0.353 e. The Morgan fingerprint density at radius 2 is 1.95 bits per heavy atom. The SMILES string of the molecule is CC(C)CNCc1cnc(Sc2nnc(N(C)C)s2)nc1. The number of nitrogens with one attached hydrogen (secondary N) is 1. The van der Waals surface area contributed by atoms with Gasteiger partial charge < -0.3 is 10.2 Å². The third-order valence-electron chi connectivity index (χ3n) is 2.52. The molecule has 0 unspecified atom stereocenters. The van der Waals surface area contributed by atoms with Crippen LogP contribution < -0.4 is 10.2 Å². The molecule has 0 fully saturated rings. The van der Waals surface area contributed by atoms with E-state index in [9.17, 15) is 0 Å². The molecule has 0 atom stereocenters. The van der Waals surface area contributed by atoms with E-state index >= 15 is 0 Å². The molecule has 0 amide bonds. The van der Waals surface area contributed by atoms with Crippen molar-refractivity contribution in [3.05, 3.63) is 18.0 Å². The minimum absolute atomic E-state index is 0.643. The molecule has 6 nitrogen and oxygen atoms in total. The first-order valence-corrected chi connectivity index (χ1v) is 8.38. The Kier molecular flexibility index (Phi) is 5.89. The predicted octanol–water partition coefficient (Wildman–Crippen LogP) is 2.29. The zero-order valence-corrected chi connectivity index (χ0v) is 14.3. The van der Waals surface area contributed by atoms with Crippen LogP contribution in [0.4, 0.5) is 5.13 Å². The van der Waals surface area contributed by atoms with Crippen LogP contribution in [-0.4, -0.2) is 40.8 Å². The van der Waals surface area contributed by atoms with Gasteiger partial charge in [-0.1, -0.05) is 25.2 Å².